The molecule has 0 unspecified atom stereocenters. The lowest BCUT2D eigenvalue weighted by atomic mass is 10.1. The first-order valence-corrected chi connectivity index (χ1v) is 4.17. The van der Waals surface area contributed by atoms with Crippen molar-refractivity contribution in [3.63, 3.8) is 0 Å². The van der Waals surface area contributed by atoms with Gasteiger partial charge in [0.15, 0.2) is 0 Å². The second-order valence-corrected chi connectivity index (χ2v) is 2.90. The maximum absolute atomic E-state index is 5.27. The van der Waals surface area contributed by atoms with Crippen LogP contribution in [-0.2, 0) is 6.54 Å². The van der Waals surface area contributed by atoms with Crippen molar-refractivity contribution in [3.8, 4) is 0 Å². The Morgan fingerprint density at radius 3 is 2.92 bits per heavy atom. The maximum atomic E-state index is 5.27. The van der Waals surface area contributed by atoms with Gasteiger partial charge in [-0.3, -0.25) is 16.3 Å². The van der Waals surface area contributed by atoms with Gasteiger partial charge in [-0.15, -0.1) is 0 Å². The summed E-state index contributed by atoms with van der Waals surface area (Å²) in [5.41, 5.74) is 3.76. The van der Waals surface area contributed by atoms with Crippen molar-refractivity contribution in [2.75, 3.05) is 0 Å². The molecule has 0 amide bonds. The van der Waals surface area contributed by atoms with Crippen LogP contribution in [-0.4, -0.2) is 4.98 Å². The molecule has 2 aromatic rings. The molecule has 0 radical (unpaired) electrons. The zero-order valence-electron chi connectivity index (χ0n) is 7.20. The van der Waals surface area contributed by atoms with Gasteiger partial charge in [0.2, 0.25) is 0 Å². The van der Waals surface area contributed by atoms with Crippen molar-refractivity contribution in [1.29, 1.82) is 0 Å². The van der Waals surface area contributed by atoms with Crippen LogP contribution in [0.3, 0.4) is 0 Å². The minimum atomic E-state index is 0.647. The average molecular weight is 173 g/mol. The van der Waals surface area contributed by atoms with Gasteiger partial charge in [0.25, 0.3) is 0 Å². The summed E-state index contributed by atoms with van der Waals surface area (Å²) in [6.07, 6.45) is 3.69. The van der Waals surface area contributed by atoms with Gasteiger partial charge in [-0.05, 0) is 10.9 Å². The molecule has 66 valence electrons. The SMILES string of the molecule is NNCc1cncc2ccccc12. The Morgan fingerprint density at radius 1 is 1.23 bits per heavy atom. The second kappa shape index (κ2) is 3.51. The molecule has 13 heavy (non-hydrogen) atoms. The normalized spacial score (nSPS) is 10.5. The number of aromatic nitrogens is 1. The van der Waals surface area contributed by atoms with Gasteiger partial charge in [0, 0.05) is 24.3 Å². The third-order valence-electron chi connectivity index (χ3n) is 2.04. The fraction of sp³-hybridized carbons (Fsp3) is 0.100. The quantitative estimate of drug-likeness (QED) is 0.530. The van der Waals surface area contributed by atoms with Crippen molar-refractivity contribution in [2.24, 2.45) is 5.84 Å². The molecule has 0 aliphatic rings. The van der Waals surface area contributed by atoms with E-state index in [1.54, 1.807) is 0 Å². The van der Waals surface area contributed by atoms with Crippen LogP contribution in [0.1, 0.15) is 5.56 Å². The number of nitrogens with one attached hydrogen (secondary N) is 1. The van der Waals surface area contributed by atoms with Crippen molar-refractivity contribution in [1.82, 2.24) is 10.4 Å². The fourth-order valence-electron chi connectivity index (χ4n) is 1.43. The number of rotatable bonds is 2. The Morgan fingerprint density at radius 2 is 2.08 bits per heavy atom. The Bertz CT molecular complexity index is 406. The third-order valence-corrected chi connectivity index (χ3v) is 2.04. The Balaban J connectivity index is 2.61. The molecular weight excluding hydrogens is 162 g/mol. The largest absolute Gasteiger partial charge is 0.271 e. The molecule has 0 aliphatic heterocycles. The highest BCUT2D eigenvalue weighted by molar-refractivity contribution is 5.84. The number of hydrogen-bond acceptors (Lipinski definition) is 3. The van der Waals surface area contributed by atoms with Crippen LogP contribution in [0.15, 0.2) is 36.7 Å². The van der Waals surface area contributed by atoms with Crippen LogP contribution in [0, 0.1) is 0 Å². The summed E-state index contributed by atoms with van der Waals surface area (Å²) in [6.45, 7) is 0.647. The molecule has 0 spiro atoms. The molecule has 2 rings (SSSR count). The van der Waals surface area contributed by atoms with Gasteiger partial charge < -0.3 is 0 Å². The molecule has 0 saturated carbocycles. The highest BCUT2D eigenvalue weighted by Gasteiger charge is 1.98. The Hall–Kier alpha value is -1.45. The molecule has 0 aliphatic carbocycles. The van der Waals surface area contributed by atoms with Gasteiger partial charge in [0.1, 0.15) is 0 Å². The van der Waals surface area contributed by atoms with E-state index in [1.165, 1.54) is 5.39 Å². The van der Waals surface area contributed by atoms with Gasteiger partial charge >= 0.3 is 0 Å². The average Bonchev–Trinajstić information content (AvgIpc) is 2.19. The molecule has 0 fully saturated rings. The second-order valence-electron chi connectivity index (χ2n) is 2.90. The minimum Gasteiger partial charge on any atom is -0.271 e. The standard InChI is InChI=1S/C10H11N3/c11-13-7-9-6-12-5-8-3-1-2-4-10(8)9/h1-6,13H,7,11H2. The lowest BCUT2D eigenvalue weighted by Gasteiger charge is -2.03. The van der Waals surface area contributed by atoms with Crippen molar-refractivity contribution in [2.45, 2.75) is 6.54 Å². The minimum absolute atomic E-state index is 0.647. The summed E-state index contributed by atoms with van der Waals surface area (Å²) in [4.78, 5) is 4.14. The maximum Gasteiger partial charge on any atom is 0.0370 e. The van der Waals surface area contributed by atoms with E-state index in [-0.39, 0.29) is 0 Å². The number of nitrogens with zero attached hydrogens (tertiary/aromatic N) is 1. The van der Waals surface area contributed by atoms with Crippen LogP contribution in [0.4, 0.5) is 0 Å². The first kappa shape index (κ1) is 8.16. The van der Waals surface area contributed by atoms with E-state index in [0.717, 1.165) is 10.9 Å². The van der Waals surface area contributed by atoms with Gasteiger partial charge in [0.05, 0.1) is 0 Å². The number of nitrogens with two attached hydrogens (primary N) is 1. The molecule has 3 heteroatoms. The summed E-state index contributed by atoms with van der Waals surface area (Å²) >= 11 is 0. The van der Waals surface area contributed by atoms with Gasteiger partial charge in [-0.1, -0.05) is 24.3 Å². The molecule has 1 aromatic heterocycles. The molecular formula is C10H11N3. The first-order valence-electron chi connectivity index (χ1n) is 4.17. The smallest absolute Gasteiger partial charge is 0.0370 e. The van der Waals surface area contributed by atoms with Crippen molar-refractivity contribution >= 4 is 10.8 Å². The van der Waals surface area contributed by atoms with E-state index < -0.39 is 0 Å². The van der Waals surface area contributed by atoms with E-state index in [2.05, 4.69) is 16.5 Å². The number of pyridine rings is 1. The highest BCUT2D eigenvalue weighted by Crippen LogP contribution is 2.16. The lowest BCUT2D eigenvalue weighted by Crippen LogP contribution is -2.21. The zero-order valence-corrected chi connectivity index (χ0v) is 7.20. The van der Waals surface area contributed by atoms with E-state index in [0.29, 0.717) is 6.54 Å². The summed E-state index contributed by atoms with van der Waals surface area (Å²) in [5, 5.41) is 2.35. The predicted octanol–water partition coefficient (Wildman–Crippen LogP) is 1.20. The van der Waals surface area contributed by atoms with Gasteiger partial charge in [-0.2, -0.15) is 0 Å². The lowest BCUT2D eigenvalue weighted by molar-refractivity contribution is 0.743. The van der Waals surface area contributed by atoms with Crippen LogP contribution in [0.5, 0.6) is 0 Å². The molecule has 1 heterocycles. The van der Waals surface area contributed by atoms with Crippen LogP contribution < -0.4 is 11.3 Å². The molecule has 1 aromatic carbocycles. The van der Waals surface area contributed by atoms with Gasteiger partial charge in [-0.25, -0.2) is 0 Å². The molecule has 3 nitrogen and oxygen atoms in total. The first-order chi connectivity index (χ1) is 6.42. The Labute approximate surface area is 76.6 Å². The summed E-state index contributed by atoms with van der Waals surface area (Å²) in [6, 6.07) is 8.14. The van der Waals surface area contributed by atoms with Crippen LogP contribution in [0.25, 0.3) is 10.8 Å². The Kier molecular flexibility index (Phi) is 2.21. The number of hydrazine groups is 1. The summed E-state index contributed by atoms with van der Waals surface area (Å²) in [7, 11) is 0. The fourth-order valence-corrected chi connectivity index (χ4v) is 1.43. The summed E-state index contributed by atoms with van der Waals surface area (Å²) in [5.74, 6) is 5.27. The molecule has 0 atom stereocenters. The number of hydrogen-bond donors (Lipinski definition) is 2. The zero-order chi connectivity index (χ0) is 9.10. The van der Waals surface area contributed by atoms with E-state index >= 15 is 0 Å². The highest BCUT2D eigenvalue weighted by atomic mass is 15.2. The summed E-state index contributed by atoms with van der Waals surface area (Å²) < 4.78 is 0. The molecule has 0 bridgehead atoms. The number of benzene rings is 1. The molecule has 3 N–H and O–H groups in total. The van der Waals surface area contributed by atoms with E-state index in [4.69, 9.17) is 5.84 Å². The van der Waals surface area contributed by atoms with E-state index in [1.807, 2.05) is 30.6 Å². The van der Waals surface area contributed by atoms with E-state index in [9.17, 15) is 0 Å². The third kappa shape index (κ3) is 1.52. The molecule has 0 saturated heterocycles. The predicted molar refractivity (Wildman–Crippen MR) is 52.8 cm³/mol. The number of fused-ring (bicyclic) bond motifs is 1. The van der Waals surface area contributed by atoms with Crippen molar-refractivity contribution < 1.29 is 0 Å². The van der Waals surface area contributed by atoms with Crippen LogP contribution in [0.2, 0.25) is 0 Å². The topological polar surface area (TPSA) is 50.9 Å². The van der Waals surface area contributed by atoms with Crippen molar-refractivity contribution in [3.05, 3.63) is 42.2 Å². The van der Waals surface area contributed by atoms with Crippen LogP contribution >= 0.6 is 0 Å². The monoisotopic (exact) mass is 173 g/mol.